The molecule has 1 aliphatic heterocycles. The van der Waals surface area contributed by atoms with Gasteiger partial charge in [0, 0.05) is 37.4 Å². The number of nitrogens with zero attached hydrogens (tertiary/aromatic N) is 1. The molecule has 1 heterocycles. The second kappa shape index (κ2) is 10.7. The number of aliphatic carboxylic acids is 1. The van der Waals surface area contributed by atoms with Crippen LogP contribution in [-0.4, -0.2) is 72.3 Å². The number of carboxylic acids is 1. The highest BCUT2D eigenvalue weighted by Gasteiger charge is 2.25. The second-order valence-electron chi connectivity index (χ2n) is 8.63. The Kier molecular flexibility index (Phi) is 7.52. The van der Waals surface area contributed by atoms with E-state index in [4.69, 9.17) is 14.6 Å². The Morgan fingerprint density at radius 3 is 2.60 bits per heavy atom. The van der Waals surface area contributed by atoms with Gasteiger partial charge in [-0.15, -0.1) is 0 Å². The van der Waals surface area contributed by atoms with Gasteiger partial charge < -0.3 is 30.3 Å². The zero-order valence-electron chi connectivity index (χ0n) is 19.6. The fourth-order valence-corrected chi connectivity index (χ4v) is 4.45. The first-order valence-corrected chi connectivity index (χ1v) is 11.6. The molecule has 0 atom stereocenters. The molecule has 4 N–H and O–H groups in total. The monoisotopic (exact) mass is 483 g/mol. The Labute approximate surface area is 202 Å². The summed E-state index contributed by atoms with van der Waals surface area (Å²) < 4.78 is 11.5. The Morgan fingerprint density at radius 2 is 1.86 bits per heavy atom. The van der Waals surface area contributed by atoms with Crippen molar-refractivity contribution in [2.75, 3.05) is 44.7 Å². The van der Waals surface area contributed by atoms with Crippen LogP contribution in [0.25, 0.3) is 0 Å². The number of ether oxygens (including phenoxy) is 2. The summed E-state index contributed by atoms with van der Waals surface area (Å²) in [6, 6.07) is 6.20. The predicted molar refractivity (Wildman–Crippen MR) is 127 cm³/mol. The summed E-state index contributed by atoms with van der Waals surface area (Å²) in [5.41, 5.74) is 3.05. The van der Waals surface area contributed by atoms with Crippen LogP contribution in [0.1, 0.15) is 33.5 Å². The number of aryl methyl sites for hydroxylation is 1. The molecule has 0 spiro atoms. The normalized spacial score (nSPS) is 15.3. The average molecular weight is 484 g/mol. The van der Waals surface area contributed by atoms with Crippen molar-refractivity contribution in [3.63, 3.8) is 0 Å². The first kappa shape index (κ1) is 24.5. The van der Waals surface area contributed by atoms with Crippen molar-refractivity contribution >= 4 is 23.5 Å². The molecule has 0 bridgehead atoms. The van der Waals surface area contributed by atoms with Gasteiger partial charge in [-0.2, -0.15) is 0 Å². The molecule has 10 heteroatoms. The molecule has 2 aliphatic rings. The molecule has 10 nitrogen and oxygen atoms in total. The van der Waals surface area contributed by atoms with E-state index in [-0.39, 0.29) is 11.3 Å². The SMILES string of the molecule is Cc1cc(NC(=O)C(=O)O)c2c(c1Oc1ccc(O)c(C(=O)NCCN3CCOCC3)c1)CCC2. The van der Waals surface area contributed by atoms with Crippen molar-refractivity contribution in [2.24, 2.45) is 0 Å². The summed E-state index contributed by atoms with van der Waals surface area (Å²) in [7, 11) is 0. The Bertz CT molecular complexity index is 1140. The number of fused-ring (bicyclic) bond motifs is 1. The summed E-state index contributed by atoms with van der Waals surface area (Å²) >= 11 is 0. The highest BCUT2D eigenvalue weighted by atomic mass is 16.5. The first-order chi connectivity index (χ1) is 16.8. The van der Waals surface area contributed by atoms with Crippen molar-refractivity contribution in [3.8, 4) is 17.2 Å². The number of nitrogens with one attached hydrogen (secondary N) is 2. The molecule has 0 radical (unpaired) electrons. The molecule has 186 valence electrons. The fourth-order valence-electron chi connectivity index (χ4n) is 4.45. The third-order valence-electron chi connectivity index (χ3n) is 6.23. The summed E-state index contributed by atoms with van der Waals surface area (Å²) in [4.78, 5) is 37.6. The lowest BCUT2D eigenvalue weighted by Gasteiger charge is -2.26. The number of carbonyl (C=O) groups excluding carboxylic acids is 2. The van der Waals surface area contributed by atoms with Gasteiger partial charge in [-0.25, -0.2) is 4.79 Å². The van der Waals surface area contributed by atoms with E-state index in [1.165, 1.54) is 12.1 Å². The number of rotatable bonds is 7. The number of amides is 2. The van der Waals surface area contributed by atoms with Crippen molar-refractivity contribution in [3.05, 3.63) is 46.5 Å². The number of anilines is 1. The first-order valence-electron chi connectivity index (χ1n) is 11.6. The van der Waals surface area contributed by atoms with E-state index in [9.17, 15) is 19.5 Å². The van der Waals surface area contributed by atoms with Crippen molar-refractivity contribution in [2.45, 2.75) is 26.2 Å². The minimum absolute atomic E-state index is 0.115. The number of carboxylic acid groups (broad SMARTS) is 1. The fraction of sp³-hybridized carbons (Fsp3) is 0.400. The number of hydrogen-bond donors (Lipinski definition) is 4. The topological polar surface area (TPSA) is 137 Å². The maximum atomic E-state index is 12.7. The Hall–Kier alpha value is -3.63. The Balaban J connectivity index is 1.49. The summed E-state index contributed by atoms with van der Waals surface area (Å²) in [6.07, 6.45) is 2.25. The molecule has 0 aromatic heterocycles. The summed E-state index contributed by atoms with van der Waals surface area (Å²) in [6.45, 7) is 5.97. The largest absolute Gasteiger partial charge is 0.507 e. The maximum Gasteiger partial charge on any atom is 0.394 e. The standard InChI is InChI=1S/C25H29N3O7/c1-15-13-20(27-24(31)25(32)33)17-3-2-4-18(17)22(15)35-16-5-6-21(29)19(14-16)23(30)26-7-8-28-9-11-34-12-10-28/h5-6,13-14,29H,2-4,7-12H2,1H3,(H,26,30)(H,27,31)(H,32,33). The van der Waals surface area contributed by atoms with E-state index in [0.717, 1.165) is 42.6 Å². The van der Waals surface area contributed by atoms with Gasteiger partial charge in [0.2, 0.25) is 0 Å². The summed E-state index contributed by atoms with van der Waals surface area (Å²) in [5, 5.41) is 24.5. The van der Waals surface area contributed by atoms with Crippen LogP contribution in [-0.2, 0) is 27.2 Å². The highest BCUT2D eigenvalue weighted by molar-refractivity contribution is 6.36. The third-order valence-corrected chi connectivity index (χ3v) is 6.23. The molecule has 1 fully saturated rings. The van der Waals surface area contributed by atoms with Crippen molar-refractivity contribution in [1.82, 2.24) is 10.2 Å². The van der Waals surface area contributed by atoms with Crippen molar-refractivity contribution < 1.29 is 34.1 Å². The van der Waals surface area contributed by atoms with E-state index >= 15 is 0 Å². The lowest BCUT2D eigenvalue weighted by Crippen LogP contribution is -2.41. The number of benzene rings is 2. The second-order valence-corrected chi connectivity index (χ2v) is 8.63. The molecule has 0 saturated carbocycles. The lowest BCUT2D eigenvalue weighted by molar-refractivity contribution is -0.147. The van der Waals surface area contributed by atoms with Crippen LogP contribution >= 0.6 is 0 Å². The van der Waals surface area contributed by atoms with Crippen LogP contribution in [0.3, 0.4) is 0 Å². The smallest absolute Gasteiger partial charge is 0.394 e. The highest BCUT2D eigenvalue weighted by Crippen LogP contribution is 2.41. The van der Waals surface area contributed by atoms with Crippen LogP contribution in [0.5, 0.6) is 17.2 Å². The maximum absolute atomic E-state index is 12.7. The predicted octanol–water partition coefficient (Wildman–Crippen LogP) is 2.07. The van der Waals surface area contributed by atoms with Gasteiger partial charge in [0.05, 0.1) is 18.8 Å². The zero-order valence-corrected chi connectivity index (χ0v) is 19.6. The molecule has 2 aromatic carbocycles. The van der Waals surface area contributed by atoms with Gasteiger partial charge in [0.1, 0.15) is 17.2 Å². The van der Waals surface area contributed by atoms with E-state index in [0.29, 0.717) is 49.9 Å². The van der Waals surface area contributed by atoms with E-state index in [1.807, 2.05) is 6.92 Å². The van der Waals surface area contributed by atoms with Crippen LogP contribution in [0.2, 0.25) is 0 Å². The number of phenolic OH excluding ortho intramolecular Hbond substituents is 1. The van der Waals surface area contributed by atoms with Crippen LogP contribution in [0, 0.1) is 6.92 Å². The van der Waals surface area contributed by atoms with Gasteiger partial charge in [-0.05, 0) is 61.6 Å². The molecule has 2 amide bonds. The van der Waals surface area contributed by atoms with Crippen LogP contribution < -0.4 is 15.4 Å². The number of hydrogen-bond acceptors (Lipinski definition) is 7. The minimum Gasteiger partial charge on any atom is -0.507 e. The molecule has 35 heavy (non-hydrogen) atoms. The number of carbonyl (C=O) groups is 3. The Morgan fingerprint density at radius 1 is 1.11 bits per heavy atom. The van der Waals surface area contributed by atoms with Crippen LogP contribution in [0.15, 0.2) is 24.3 Å². The zero-order chi connectivity index (χ0) is 24.9. The van der Waals surface area contributed by atoms with Gasteiger partial charge >= 0.3 is 11.9 Å². The molecular weight excluding hydrogens is 454 g/mol. The van der Waals surface area contributed by atoms with E-state index < -0.39 is 17.8 Å². The van der Waals surface area contributed by atoms with E-state index in [1.54, 1.807) is 12.1 Å². The van der Waals surface area contributed by atoms with Gasteiger partial charge in [0.25, 0.3) is 5.91 Å². The van der Waals surface area contributed by atoms with Gasteiger partial charge in [-0.1, -0.05) is 0 Å². The molecule has 0 unspecified atom stereocenters. The van der Waals surface area contributed by atoms with Gasteiger partial charge in [0.15, 0.2) is 0 Å². The summed E-state index contributed by atoms with van der Waals surface area (Å²) in [5.74, 6) is -2.18. The molecule has 1 saturated heterocycles. The van der Waals surface area contributed by atoms with Crippen LogP contribution in [0.4, 0.5) is 5.69 Å². The number of morpholine rings is 1. The average Bonchev–Trinajstić information content (AvgIpc) is 3.33. The molecule has 2 aromatic rings. The third kappa shape index (κ3) is 5.72. The number of phenols is 1. The quantitative estimate of drug-likeness (QED) is 0.439. The molecular formula is C25H29N3O7. The van der Waals surface area contributed by atoms with Crippen molar-refractivity contribution in [1.29, 1.82) is 0 Å². The van der Waals surface area contributed by atoms with E-state index in [2.05, 4.69) is 15.5 Å². The molecule has 1 aliphatic carbocycles. The van der Waals surface area contributed by atoms with Gasteiger partial charge in [-0.3, -0.25) is 14.5 Å². The lowest BCUT2D eigenvalue weighted by atomic mass is 10.0. The number of aromatic hydroxyl groups is 1. The molecule has 4 rings (SSSR count). The minimum atomic E-state index is -1.55.